The highest BCUT2D eigenvalue weighted by molar-refractivity contribution is 9.12. The maximum Gasteiger partial charge on any atom is 0.129 e. The van der Waals surface area contributed by atoms with Gasteiger partial charge < -0.3 is 5.32 Å². The Bertz CT molecular complexity index is 568. The van der Waals surface area contributed by atoms with Gasteiger partial charge in [-0.3, -0.25) is 0 Å². The monoisotopic (exact) mass is 425 g/mol. The van der Waals surface area contributed by atoms with Crippen molar-refractivity contribution in [2.75, 3.05) is 6.54 Å². The highest BCUT2D eigenvalue weighted by Gasteiger charge is 2.23. The van der Waals surface area contributed by atoms with Crippen molar-refractivity contribution in [2.24, 2.45) is 0 Å². The highest BCUT2D eigenvalue weighted by Crippen LogP contribution is 2.40. The number of nitrogens with one attached hydrogen (secondary N) is 1. The molecule has 0 amide bonds. The Morgan fingerprint density at radius 3 is 2.68 bits per heavy atom. The Labute approximate surface area is 137 Å². The van der Waals surface area contributed by atoms with E-state index in [0.29, 0.717) is 10.6 Å². The molecule has 1 aromatic heterocycles. The lowest BCUT2D eigenvalue weighted by atomic mass is 10.0. The number of thiophene rings is 1. The molecule has 19 heavy (non-hydrogen) atoms. The van der Waals surface area contributed by atoms with Crippen LogP contribution in [-0.2, 0) is 0 Å². The molecule has 102 valence electrons. The van der Waals surface area contributed by atoms with Crippen LogP contribution >= 0.6 is 54.8 Å². The zero-order valence-corrected chi connectivity index (χ0v) is 14.8. The third-order valence-corrected chi connectivity index (χ3v) is 5.41. The predicted molar refractivity (Wildman–Crippen MR) is 86.6 cm³/mol. The lowest BCUT2D eigenvalue weighted by molar-refractivity contribution is 0.559. The summed E-state index contributed by atoms with van der Waals surface area (Å²) in [6.45, 7) is 2.70. The molecule has 0 spiro atoms. The molecule has 1 aromatic carbocycles. The largest absolute Gasteiger partial charge is 0.306 e. The van der Waals surface area contributed by atoms with Gasteiger partial charge in [-0.25, -0.2) is 4.39 Å². The van der Waals surface area contributed by atoms with Gasteiger partial charge in [0.05, 0.1) is 13.6 Å². The van der Waals surface area contributed by atoms with E-state index in [1.54, 1.807) is 23.5 Å². The number of rotatable bonds is 4. The molecule has 2 rings (SSSR count). The van der Waals surface area contributed by atoms with E-state index in [9.17, 15) is 4.39 Å². The van der Waals surface area contributed by atoms with E-state index in [2.05, 4.69) is 37.2 Å². The first-order valence-corrected chi connectivity index (χ1v) is 8.44. The molecule has 0 aliphatic heterocycles. The smallest absolute Gasteiger partial charge is 0.129 e. The van der Waals surface area contributed by atoms with Gasteiger partial charge in [-0.15, -0.1) is 11.3 Å². The van der Waals surface area contributed by atoms with E-state index in [0.717, 1.165) is 19.7 Å². The lowest BCUT2D eigenvalue weighted by Crippen LogP contribution is -2.23. The SMILES string of the molecule is CCNC(c1cc(Br)sc1Br)c1c(F)cccc1Cl. The van der Waals surface area contributed by atoms with Crippen LogP contribution in [0.25, 0.3) is 0 Å². The van der Waals surface area contributed by atoms with E-state index < -0.39 is 0 Å². The summed E-state index contributed by atoms with van der Waals surface area (Å²) in [5.74, 6) is -0.298. The number of halogens is 4. The molecular weight excluding hydrogens is 416 g/mol. The Morgan fingerprint density at radius 1 is 1.42 bits per heavy atom. The normalized spacial score (nSPS) is 12.7. The minimum Gasteiger partial charge on any atom is -0.306 e. The fraction of sp³-hybridized carbons (Fsp3) is 0.231. The van der Waals surface area contributed by atoms with E-state index in [-0.39, 0.29) is 11.9 Å². The summed E-state index contributed by atoms with van der Waals surface area (Å²) >= 11 is 14.7. The molecule has 0 saturated carbocycles. The molecule has 1 N–H and O–H groups in total. The van der Waals surface area contributed by atoms with Crippen molar-refractivity contribution >= 4 is 54.8 Å². The van der Waals surface area contributed by atoms with Crippen LogP contribution in [0.1, 0.15) is 24.1 Å². The van der Waals surface area contributed by atoms with Gasteiger partial charge in [-0.2, -0.15) is 0 Å². The predicted octanol–water partition coefficient (Wildman–Crippen LogP) is 5.76. The molecule has 6 heteroatoms. The second kappa shape index (κ2) is 6.68. The third-order valence-electron chi connectivity index (χ3n) is 2.69. The van der Waals surface area contributed by atoms with Crippen molar-refractivity contribution in [1.82, 2.24) is 5.32 Å². The second-order valence-corrected chi connectivity index (χ2v) is 8.06. The highest BCUT2D eigenvalue weighted by atomic mass is 79.9. The molecule has 0 bridgehead atoms. The molecule has 0 fully saturated rings. The molecule has 1 unspecified atom stereocenters. The first-order chi connectivity index (χ1) is 9.04. The maximum atomic E-state index is 14.1. The van der Waals surface area contributed by atoms with Crippen LogP contribution in [-0.4, -0.2) is 6.54 Å². The van der Waals surface area contributed by atoms with Crippen molar-refractivity contribution in [1.29, 1.82) is 0 Å². The van der Waals surface area contributed by atoms with Crippen LogP contribution in [0.2, 0.25) is 5.02 Å². The molecular formula is C13H11Br2ClFNS. The van der Waals surface area contributed by atoms with Crippen molar-refractivity contribution in [3.05, 3.63) is 53.8 Å². The number of hydrogen-bond donors (Lipinski definition) is 1. The molecule has 1 nitrogen and oxygen atoms in total. The summed E-state index contributed by atoms with van der Waals surface area (Å²) in [7, 11) is 0. The van der Waals surface area contributed by atoms with Gasteiger partial charge in [0.2, 0.25) is 0 Å². The molecule has 2 aromatic rings. The Balaban J connectivity index is 2.54. The topological polar surface area (TPSA) is 12.0 Å². The van der Waals surface area contributed by atoms with Crippen LogP contribution in [0.4, 0.5) is 4.39 Å². The van der Waals surface area contributed by atoms with Crippen LogP contribution < -0.4 is 5.32 Å². The molecule has 0 radical (unpaired) electrons. The van der Waals surface area contributed by atoms with Gasteiger partial charge in [0.15, 0.2) is 0 Å². The van der Waals surface area contributed by atoms with E-state index in [1.165, 1.54) is 6.07 Å². The van der Waals surface area contributed by atoms with Crippen molar-refractivity contribution in [3.63, 3.8) is 0 Å². The number of benzene rings is 1. The average molecular weight is 428 g/mol. The zero-order valence-electron chi connectivity index (χ0n) is 10.0. The summed E-state index contributed by atoms with van der Waals surface area (Å²) in [6.07, 6.45) is 0. The van der Waals surface area contributed by atoms with E-state index in [4.69, 9.17) is 11.6 Å². The lowest BCUT2D eigenvalue weighted by Gasteiger charge is -2.20. The van der Waals surface area contributed by atoms with Crippen molar-refractivity contribution in [2.45, 2.75) is 13.0 Å². The quantitative estimate of drug-likeness (QED) is 0.654. The standard InChI is InChI=1S/C13H11Br2ClFNS/c1-2-18-12(7-6-10(14)19-13(7)15)11-8(16)4-3-5-9(11)17/h3-6,12,18H,2H2,1H3. The van der Waals surface area contributed by atoms with Crippen LogP contribution in [0.3, 0.4) is 0 Å². The average Bonchev–Trinajstić information content (AvgIpc) is 2.67. The summed E-state index contributed by atoms with van der Waals surface area (Å²) in [6, 6.07) is 6.46. The number of hydrogen-bond acceptors (Lipinski definition) is 2. The van der Waals surface area contributed by atoms with Crippen LogP contribution in [0.5, 0.6) is 0 Å². The first-order valence-electron chi connectivity index (χ1n) is 5.66. The van der Waals surface area contributed by atoms with Crippen molar-refractivity contribution < 1.29 is 4.39 Å². The van der Waals surface area contributed by atoms with Gasteiger partial charge >= 0.3 is 0 Å². The molecule has 0 aliphatic carbocycles. The fourth-order valence-corrected chi connectivity index (χ4v) is 5.08. The Morgan fingerprint density at radius 2 is 2.16 bits per heavy atom. The first kappa shape index (κ1) is 15.4. The van der Waals surface area contributed by atoms with Gasteiger partial charge in [-0.1, -0.05) is 24.6 Å². The summed E-state index contributed by atoms with van der Waals surface area (Å²) in [5.41, 5.74) is 1.46. The van der Waals surface area contributed by atoms with Gasteiger partial charge in [-0.05, 0) is 62.2 Å². The summed E-state index contributed by atoms with van der Waals surface area (Å²) < 4.78 is 16.1. The molecule has 0 aliphatic rings. The van der Waals surface area contributed by atoms with Gasteiger partial charge in [0.1, 0.15) is 5.82 Å². The minimum absolute atomic E-state index is 0.268. The van der Waals surface area contributed by atoms with Gasteiger partial charge in [0.25, 0.3) is 0 Å². The molecule has 0 saturated heterocycles. The third kappa shape index (κ3) is 3.39. The van der Waals surface area contributed by atoms with E-state index in [1.807, 2.05) is 13.0 Å². The molecule has 1 heterocycles. The minimum atomic E-state index is -0.298. The van der Waals surface area contributed by atoms with Gasteiger partial charge in [0, 0.05) is 10.6 Å². The van der Waals surface area contributed by atoms with Crippen molar-refractivity contribution in [3.8, 4) is 0 Å². The summed E-state index contributed by atoms with van der Waals surface area (Å²) in [5, 5.41) is 3.71. The summed E-state index contributed by atoms with van der Waals surface area (Å²) in [4.78, 5) is 0. The van der Waals surface area contributed by atoms with Crippen LogP contribution in [0.15, 0.2) is 31.8 Å². The molecule has 1 atom stereocenters. The second-order valence-electron chi connectivity index (χ2n) is 3.91. The Hall–Kier alpha value is 0.0600. The fourth-order valence-electron chi connectivity index (χ4n) is 1.91. The van der Waals surface area contributed by atoms with Crippen LogP contribution in [0, 0.1) is 5.82 Å². The zero-order chi connectivity index (χ0) is 14.0. The van der Waals surface area contributed by atoms with E-state index >= 15 is 0 Å². The Kier molecular flexibility index (Phi) is 5.43. The maximum absolute atomic E-state index is 14.1.